The number of hydrogen-bond donors (Lipinski definition) is 2. The van der Waals surface area contributed by atoms with Crippen LogP contribution in [0.15, 0.2) is 72.9 Å². The number of unbranched alkanes of at least 4 members (excludes halogenated alkanes) is 6. The van der Waals surface area contributed by atoms with Gasteiger partial charge < -0.3 is 28.8 Å². The Labute approximate surface area is 281 Å². The molecule has 0 fully saturated rings. The number of amides is 1. The number of rotatable bonds is 29. The van der Waals surface area contributed by atoms with Gasteiger partial charge in [0, 0.05) is 6.42 Å². The number of quaternary nitrogens is 1. The lowest BCUT2D eigenvalue weighted by Gasteiger charge is -2.29. The van der Waals surface area contributed by atoms with E-state index in [9.17, 15) is 19.4 Å². The van der Waals surface area contributed by atoms with Gasteiger partial charge in [-0.25, -0.2) is 0 Å². The van der Waals surface area contributed by atoms with Crippen molar-refractivity contribution in [3.05, 3.63) is 72.9 Å². The van der Waals surface area contributed by atoms with Crippen LogP contribution in [0.3, 0.4) is 0 Å². The fourth-order valence-corrected chi connectivity index (χ4v) is 4.83. The molecule has 0 saturated heterocycles. The van der Waals surface area contributed by atoms with Crippen molar-refractivity contribution in [2.75, 3.05) is 40.9 Å². The van der Waals surface area contributed by atoms with Crippen molar-refractivity contribution in [3.8, 4) is 0 Å². The molecule has 0 aliphatic heterocycles. The van der Waals surface area contributed by atoms with E-state index in [1.54, 1.807) is 6.08 Å². The van der Waals surface area contributed by atoms with Gasteiger partial charge >= 0.3 is 0 Å². The molecule has 46 heavy (non-hydrogen) atoms. The SMILES string of the molecule is CC/C=C\C/C=C\C/C=C\C/C=C\CCCCCCC(=O)NC(COP(=O)([O-])OCC[N+](C)(C)C)C(O)/C=C/CC/C=C/CCC. The molecule has 0 aromatic rings. The summed E-state index contributed by atoms with van der Waals surface area (Å²) in [5.41, 5.74) is 0. The Bertz CT molecular complexity index is 981. The third-order valence-electron chi connectivity index (χ3n) is 6.88. The summed E-state index contributed by atoms with van der Waals surface area (Å²) in [4.78, 5) is 25.0. The molecule has 0 aliphatic rings. The molecule has 3 atom stereocenters. The number of likely N-dealkylation sites (N-methyl/N-ethyl adjacent to an activating group) is 1. The van der Waals surface area contributed by atoms with Gasteiger partial charge in [-0.2, -0.15) is 0 Å². The van der Waals surface area contributed by atoms with Crippen LogP contribution in [0.5, 0.6) is 0 Å². The Hall–Kier alpha value is -2.06. The second-order valence-electron chi connectivity index (χ2n) is 12.5. The first kappa shape index (κ1) is 43.9. The Morgan fingerprint density at radius 1 is 0.783 bits per heavy atom. The van der Waals surface area contributed by atoms with E-state index in [0.717, 1.165) is 83.5 Å². The average molecular weight is 665 g/mol. The van der Waals surface area contributed by atoms with Gasteiger partial charge in [0.25, 0.3) is 7.82 Å². The average Bonchev–Trinajstić information content (AvgIpc) is 2.99. The highest BCUT2D eigenvalue weighted by Gasteiger charge is 2.23. The first-order valence-electron chi connectivity index (χ1n) is 17.3. The molecule has 0 aliphatic carbocycles. The van der Waals surface area contributed by atoms with E-state index in [2.05, 4.69) is 79.9 Å². The highest BCUT2D eigenvalue weighted by molar-refractivity contribution is 7.45. The van der Waals surface area contributed by atoms with Crippen LogP contribution in [0.2, 0.25) is 0 Å². The van der Waals surface area contributed by atoms with E-state index < -0.39 is 26.6 Å². The molecule has 0 spiro atoms. The van der Waals surface area contributed by atoms with Crippen molar-refractivity contribution in [1.29, 1.82) is 0 Å². The minimum atomic E-state index is -4.59. The molecule has 0 aromatic heterocycles. The standard InChI is InChI=1S/C37H65N2O6P/c1-6-8-10-12-14-15-16-17-18-19-20-21-22-23-25-27-29-31-37(41)38-35(36(40)30-28-26-24-13-11-9-7-2)34-45-46(42,43)44-33-32-39(3,4)5/h8,10-11,13-15,17-18,20-21,28,30,35-36,40H,6-7,9,12,16,19,22-27,29,31-34H2,1-5H3,(H-,38,41,42,43)/b10-8-,13-11+,15-14-,18-17-,21-20-,30-28+. The van der Waals surface area contributed by atoms with E-state index in [1.807, 2.05) is 27.2 Å². The molecule has 0 radical (unpaired) electrons. The second-order valence-corrected chi connectivity index (χ2v) is 13.9. The molecule has 0 rings (SSSR count). The van der Waals surface area contributed by atoms with Crippen LogP contribution in [-0.4, -0.2) is 68.5 Å². The third-order valence-corrected chi connectivity index (χ3v) is 7.85. The lowest BCUT2D eigenvalue weighted by Crippen LogP contribution is -2.45. The van der Waals surface area contributed by atoms with Crippen LogP contribution in [0.4, 0.5) is 0 Å². The summed E-state index contributed by atoms with van der Waals surface area (Å²) in [5, 5.41) is 13.5. The normalized spacial score (nSPS) is 15.7. The molecular formula is C37H65N2O6P. The summed E-state index contributed by atoms with van der Waals surface area (Å²) in [6.45, 7) is 4.32. The number of phosphoric acid groups is 1. The minimum Gasteiger partial charge on any atom is -0.756 e. The summed E-state index contributed by atoms with van der Waals surface area (Å²) in [5.74, 6) is -0.241. The van der Waals surface area contributed by atoms with Crippen LogP contribution in [0.25, 0.3) is 0 Å². The number of aliphatic hydroxyl groups is 1. The molecular weight excluding hydrogens is 599 g/mol. The Morgan fingerprint density at radius 3 is 1.98 bits per heavy atom. The highest BCUT2D eigenvalue weighted by atomic mass is 31.2. The molecule has 8 nitrogen and oxygen atoms in total. The third kappa shape index (κ3) is 30.6. The second kappa shape index (κ2) is 29.1. The van der Waals surface area contributed by atoms with Gasteiger partial charge in [0.05, 0.1) is 39.9 Å². The van der Waals surface area contributed by atoms with Gasteiger partial charge in [0.15, 0.2) is 0 Å². The van der Waals surface area contributed by atoms with Crippen molar-refractivity contribution in [1.82, 2.24) is 5.32 Å². The number of nitrogens with one attached hydrogen (secondary N) is 1. The lowest BCUT2D eigenvalue weighted by molar-refractivity contribution is -0.870. The molecule has 264 valence electrons. The van der Waals surface area contributed by atoms with E-state index in [-0.39, 0.29) is 12.5 Å². The molecule has 0 bridgehead atoms. The van der Waals surface area contributed by atoms with Crippen molar-refractivity contribution >= 4 is 13.7 Å². The number of aliphatic hydroxyl groups excluding tert-OH is 1. The summed E-state index contributed by atoms with van der Waals surface area (Å²) in [6.07, 6.45) is 36.9. The molecule has 3 unspecified atom stereocenters. The number of nitrogens with zero attached hydrogens (tertiary/aromatic N) is 1. The Kier molecular flexibility index (Phi) is 27.8. The zero-order valence-electron chi connectivity index (χ0n) is 29.5. The van der Waals surface area contributed by atoms with Crippen molar-refractivity contribution in [2.24, 2.45) is 0 Å². The smallest absolute Gasteiger partial charge is 0.268 e. The number of allylic oxidation sites excluding steroid dienone is 11. The topological polar surface area (TPSA) is 108 Å². The fraction of sp³-hybridized carbons (Fsp3) is 0.649. The maximum atomic E-state index is 12.7. The van der Waals surface area contributed by atoms with E-state index >= 15 is 0 Å². The Balaban J connectivity index is 4.54. The van der Waals surface area contributed by atoms with Gasteiger partial charge in [0.1, 0.15) is 13.2 Å². The van der Waals surface area contributed by atoms with Gasteiger partial charge in [-0.1, -0.05) is 106 Å². The Morgan fingerprint density at radius 2 is 1.35 bits per heavy atom. The van der Waals surface area contributed by atoms with Crippen LogP contribution in [-0.2, 0) is 18.4 Å². The van der Waals surface area contributed by atoms with Gasteiger partial charge in [-0.3, -0.25) is 9.36 Å². The largest absolute Gasteiger partial charge is 0.756 e. The molecule has 1 amide bonds. The zero-order valence-corrected chi connectivity index (χ0v) is 30.4. The summed E-state index contributed by atoms with van der Waals surface area (Å²) in [7, 11) is 1.20. The van der Waals surface area contributed by atoms with E-state index in [0.29, 0.717) is 17.4 Å². The zero-order chi connectivity index (χ0) is 34.4. The minimum absolute atomic E-state index is 0.0163. The summed E-state index contributed by atoms with van der Waals surface area (Å²) < 4.78 is 22.9. The number of hydrogen-bond acceptors (Lipinski definition) is 6. The van der Waals surface area contributed by atoms with Crippen LogP contribution in [0.1, 0.15) is 104 Å². The van der Waals surface area contributed by atoms with Gasteiger partial charge in [-0.05, 0) is 64.2 Å². The maximum Gasteiger partial charge on any atom is 0.268 e. The van der Waals surface area contributed by atoms with Crippen molar-refractivity contribution < 1.29 is 32.9 Å². The number of carbonyl (C=O) groups excluding carboxylic acids is 1. The quantitative estimate of drug-likeness (QED) is 0.0365. The molecule has 2 N–H and O–H groups in total. The van der Waals surface area contributed by atoms with Gasteiger partial charge in [0.2, 0.25) is 5.91 Å². The monoisotopic (exact) mass is 664 g/mol. The van der Waals surface area contributed by atoms with E-state index in [4.69, 9.17) is 9.05 Å². The van der Waals surface area contributed by atoms with Crippen LogP contribution < -0.4 is 10.2 Å². The number of carbonyl (C=O) groups is 1. The van der Waals surface area contributed by atoms with Crippen molar-refractivity contribution in [2.45, 2.75) is 116 Å². The fourth-order valence-electron chi connectivity index (χ4n) is 4.10. The van der Waals surface area contributed by atoms with Crippen LogP contribution in [0, 0.1) is 0 Å². The lowest BCUT2D eigenvalue weighted by atomic mass is 10.1. The first-order chi connectivity index (χ1) is 22.0. The van der Waals surface area contributed by atoms with E-state index in [1.165, 1.54) is 0 Å². The molecule has 9 heteroatoms. The van der Waals surface area contributed by atoms with Gasteiger partial charge in [-0.15, -0.1) is 0 Å². The molecule has 0 saturated carbocycles. The predicted octanol–water partition coefficient (Wildman–Crippen LogP) is 7.88. The summed E-state index contributed by atoms with van der Waals surface area (Å²) in [6, 6.07) is -0.915. The molecule has 0 heterocycles. The number of phosphoric ester groups is 1. The highest BCUT2D eigenvalue weighted by Crippen LogP contribution is 2.38. The maximum absolute atomic E-state index is 12.7. The van der Waals surface area contributed by atoms with Crippen LogP contribution >= 0.6 is 7.82 Å². The predicted molar refractivity (Wildman–Crippen MR) is 191 cm³/mol. The summed E-state index contributed by atoms with van der Waals surface area (Å²) >= 11 is 0. The first-order valence-corrected chi connectivity index (χ1v) is 18.8. The molecule has 0 aromatic carbocycles. The van der Waals surface area contributed by atoms with Crippen molar-refractivity contribution in [3.63, 3.8) is 0 Å².